The Labute approximate surface area is 114 Å². The molecule has 0 saturated heterocycles. The Balaban J connectivity index is 2.21. The van der Waals surface area contributed by atoms with Gasteiger partial charge in [0, 0.05) is 0 Å². The quantitative estimate of drug-likeness (QED) is 0.809. The Bertz CT molecular complexity index is 602. The van der Waals surface area contributed by atoms with Gasteiger partial charge in [-0.25, -0.2) is 0 Å². The molecule has 0 saturated carbocycles. The van der Waals surface area contributed by atoms with Gasteiger partial charge in [-0.1, -0.05) is 55.5 Å². The van der Waals surface area contributed by atoms with Crippen LogP contribution < -0.4 is 0 Å². The zero-order valence-corrected chi connectivity index (χ0v) is 11.6. The van der Waals surface area contributed by atoms with Crippen molar-refractivity contribution < 1.29 is 5.11 Å². The molecule has 1 nitrogen and oxygen atoms in total. The first-order valence-corrected chi connectivity index (χ1v) is 7.01. The molecule has 0 fully saturated rings. The van der Waals surface area contributed by atoms with Gasteiger partial charge in [0.15, 0.2) is 0 Å². The molecule has 2 aromatic carbocycles. The third kappa shape index (κ3) is 1.89. The SMILES string of the molecule is Cc1ccccc1C1(O)CCC(C)c2ccccc21. The Morgan fingerprint density at radius 1 is 1.00 bits per heavy atom. The van der Waals surface area contributed by atoms with Crippen LogP contribution >= 0.6 is 0 Å². The molecule has 0 aliphatic heterocycles. The summed E-state index contributed by atoms with van der Waals surface area (Å²) >= 11 is 0. The van der Waals surface area contributed by atoms with Gasteiger partial charge in [0.1, 0.15) is 5.60 Å². The van der Waals surface area contributed by atoms with Crippen LogP contribution in [0.3, 0.4) is 0 Å². The molecule has 1 aliphatic carbocycles. The number of aryl methyl sites for hydroxylation is 1. The van der Waals surface area contributed by atoms with E-state index in [0.717, 1.165) is 29.5 Å². The number of hydrogen-bond donors (Lipinski definition) is 1. The van der Waals surface area contributed by atoms with Gasteiger partial charge >= 0.3 is 0 Å². The minimum atomic E-state index is -0.825. The van der Waals surface area contributed by atoms with Crippen LogP contribution in [0.1, 0.15) is 47.9 Å². The average Bonchev–Trinajstić information content (AvgIpc) is 2.44. The second-order valence-electron chi connectivity index (χ2n) is 5.70. The van der Waals surface area contributed by atoms with Crippen LogP contribution in [0, 0.1) is 6.92 Å². The topological polar surface area (TPSA) is 20.2 Å². The number of hydrogen-bond acceptors (Lipinski definition) is 1. The zero-order valence-electron chi connectivity index (χ0n) is 11.6. The molecule has 19 heavy (non-hydrogen) atoms. The van der Waals surface area contributed by atoms with Gasteiger partial charge in [-0.2, -0.15) is 0 Å². The van der Waals surface area contributed by atoms with Crippen LogP contribution in [0.2, 0.25) is 0 Å². The summed E-state index contributed by atoms with van der Waals surface area (Å²) in [7, 11) is 0. The lowest BCUT2D eigenvalue weighted by Gasteiger charge is -2.38. The molecule has 2 unspecified atom stereocenters. The van der Waals surface area contributed by atoms with Crippen molar-refractivity contribution in [2.24, 2.45) is 0 Å². The molecule has 0 aromatic heterocycles. The predicted octanol–water partition coefficient (Wildman–Crippen LogP) is 4.13. The largest absolute Gasteiger partial charge is 0.380 e. The van der Waals surface area contributed by atoms with Crippen molar-refractivity contribution in [1.29, 1.82) is 0 Å². The van der Waals surface area contributed by atoms with E-state index in [4.69, 9.17) is 0 Å². The second kappa shape index (κ2) is 4.50. The van der Waals surface area contributed by atoms with Gasteiger partial charge in [0.05, 0.1) is 0 Å². The molecule has 98 valence electrons. The molecule has 1 aliphatic rings. The van der Waals surface area contributed by atoms with E-state index in [1.807, 2.05) is 18.2 Å². The first-order valence-electron chi connectivity index (χ1n) is 7.01. The maximum absolute atomic E-state index is 11.3. The van der Waals surface area contributed by atoms with Crippen LogP contribution in [0.25, 0.3) is 0 Å². The van der Waals surface area contributed by atoms with Gasteiger partial charge in [-0.15, -0.1) is 0 Å². The van der Waals surface area contributed by atoms with Gasteiger partial charge in [0.25, 0.3) is 0 Å². The van der Waals surface area contributed by atoms with E-state index in [0.29, 0.717) is 5.92 Å². The van der Waals surface area contributed by atoms with Crippen molar-refractivity contribution in [1.82, 2.24) is 0 Å². The molecule has 2 aromatic rings. The minimum Gasteiger partial charge on any atom is -0.380 e. The number of fused-ring (bicyclic) bond motifs is 1. The summed E-state index contributed by atoms with van der Waals surface area (Å²) in [6.45, 7) is 4.32. The molecule has 1 N–H and O–H groups in total. The van der Waals surface area contributed by atoms with Crippen molar-refractivity contribution in [3.05, 3.63) is 70.8 Å². The summed E-state index contributed by atoms with van der Waals surface area (Å²) in [5.74, 6) is 0.528. The van der Waals surface area contributed by atoms with E-state index in [9.17, 15) is 5.11 Å². The van der Waals surface area contributed by atoms with E-state index < -0.39 is 5.60 Å². The summed E-state index contributed by atoms with van der Waals surface area (Å²) in [6, 6.07) is 16.5. The fraction of sp³-hybridized carbons (Fsp3) is 0.333. The standard InChI is InChI=1S/C18H20O/c1-13-11-12-18(19,16-9-5-3-7-14(16)2)17-10-6-4-8-15(13)17/h3-10,13,19H,11-12H2,1-2H3. The Hall–Kier alpha value is -1.60. The molecule has 0 spiro atoms. The predicted molar refractivity (Wildman–Crippen MR) is 78.3 cm³/mol. The molecule has 0 heterocycles. The molecule has 3 rings (SSSR count). The maximum Gasteiger partial charge on any atom is 0.115 e. The lowest BCUT2D eigenvalue weighted by Crippen LogP contribution is -2.33. The highest BCUT2D eigenvalue weighted by Crippen LogP contribution is 2.45. The van der Waals surface area contributed by atoms with Crippen LogP contribution in [0.5, 0.6) is 0 Å². The lowest BCUT2D eigenvalue weighted by atomic mass is 9.70. The summed E-state index contributed by atoms with van der Waals surface area (Å²) in [4.78, 5) is 0. The van der Waals surface area contributed by atoms with Gasteiger partial charge < -0.3 is 5.11 Å². The maximum atomic E-state index is 11.3. The highest BCUT2D eigenvalue weighted by atomic mass is 16.3. The van der Waals surface area contributed by atoms with Crippen molar-refractivity contribution in [2.75, 3.05) is 0 Å². The third-order valence-corrected chi connectivity index (χ3v) is 4.47. The molecule has 0 radical (unpaired) electrons. The van der Waals surface area contributed by atoms with Crippen molar-refractivity contribution in [3.8, 4) is 0 Å². The number of rotatable bonds is 1. The van der Waals surface area contributed by atoms with Crippen molar-refractivity contribution >= 4 is 0 Å². The van der Waals surface area contributed by atoms with Gasteiger partial charge in [-0.3, -0.25) is 0 Å². The van der Waals surface area contributed by atoms with E-state index in [1.54, 1.807) is 0 Å². The molecular formula is C18H20O. The second-order valence-corrected chi connectivity index (χ2v) is 5.70. The number of aliphatic hydroxyl groups is 1. The highest BCUT2D eigenvalue weighted by molar-refractivity contribution is 5.46. The van der Waals surface area contributed by atoms with Crippen molar-refractivity contribution in [2.45, 2.75) is 38.2 Å². The fourth-order valence-electron chi connectivity index (χ4n) is 3.34. The smallest absolute Gasteiger partial charge is 0.115 e. The first-order chi connectivity index (χ1) is 9.13. The van der Waals surface area contributed by atoms with Crippen molar-refractivity contribution in [3.63, 3.8) is 0 Å². The Morgan fingerprint density at radius 3 is 2.37 bits per heavy atom. The van der Waals surface area contributed by atoms with Crippen LogP contribution in [0.15, 0.2) is 48.5 Å². The van der Waals surface area contributed by atoms with Crippen LogP contribution in [-0.4, -0.2) is 5.11 Å². The molecule has 2 atom stereocenters. The molecule has 0 bridgehead atoms. The van der Waals surface area contributed by atoms with Crippen LogP contribution in [0.4, 0.5) is 0 Å². The fourth-order valence-corrected chi connectivity index (χ4v) is 3.34. The normalized spacial score (nSPS) is 25.9. The van der Waals surface area contributed by atoms with E-state index in [1.165, 1.54) is 5.56 Å². The summed E-state index contributed by atoms with van der Waals surface area (Å²) in [5.41, 5.74) is 3.76. The molecule has 1 heteroatoms. The monoisotopic (exact) mass is 252 g/mol. The average molecular weight is 252 g/mol. The minimum absolute atomic E-state index is 0.528. The molecule has 0 amide bonds. The third-order valence-electron chi connectivity index (χ3n) is 4.47. The lowest BCUT2D eigenvalue weighted by molar-refractivity contribution is 0.0573. The first kappa shape index (κ1) is 12.4. The summed E-state index contributed by atoms with van der Waals surface area (Å²) < 4.78 is 0. The Kier molecular flexibility index (Phi) is 2.94. The number of benzene rings is 2. The summed E-state index contributed by atoms with van der Waals surface area (Å²) in [6.07, 6.45) is 1.83. The van der Waals surface area contributed by atoms with E-state index in [-0.39, 0.29) is 0 Å². The summed E-state index contributed by atoms with van der Waals surface area (Å²) in [5, 5.41) is 11.3. The van der Waals surface area contributed by atoms with Gasteiger partial charge in [0.2, 0.25) is 0 Å². The van der Waals surface area contributed by atoms with Gasteiger partial charge in [-0.05, 0) is 47.9 Å². The highest BCUT2D eigenvalue weighted by Gasteiger charge is 2.38. The Morgan fingerprint density at radius 2 is 1.63 bits per heavy atom. The zero-order chi connectivity index (χ0) is 13.5. The van der Waals surface area contributed by atoms with E-state index in [2.05, 4.69) is 44.2 Å². The molecular weight excluding hydrogens is 232 g/mol. The van der Waals surface area contributed by atoms with E-state index >= 15 is 0 Å². The van der Waals surface area contributed by atoms with Crippen LogP contribution in [-0.2, 0) is 5.60 Å².